The van der Waals surface area contributed by atoms with Crippen molar-refractivity contribution in [3.8, 4) is 0 Å². The van der Waals surface area contributed by atoms with E-state index < -0.39 is 5.54 Å². The van der Waals surface area contributed by atoms with Gasteiger partial charge in [-0.1, -0.05) is 42.1 Å². The Morgan fingerprint density at radius 3 is 2.57 bits per heavy atom. The third-order valence-corrected chi connectivity index (χ3v) is 5.50. The number of halogens is 2. The number of carbonyl (C=O) groups is 1. The summed E-state index contributed by atoms with van der Waals surface area (Å²) in [5, 5.41) is 1.08. The maximum atomic E-state index is 12.8. The van der Waals surface area contributed by atoms with Crippen LogP contribution in [0.25, 0.3) is 0 Å². The Morgan fingerprint density at radius 1 is 1.19 bits per heavy atom. The third-order valence-electron chi connectivity index (χ3n) is 4.76. The average molecular weight is 327 g/mol. The number of nitrogens with zero attached hydrogens (tertiary/aromatic N) is 1. The number of carbonyl (C=O) groups excluding carboxylic acids is 1. The zero-order valence-electron chi connectivity index (χ0n) is 11.9. The number of likely N-dealkylation sites (tertiary alicyclic amines) is 1. The van der Waals surface area contributed by atoms with Gasteiger partial charge in [0.1, 0.15) is 0 Å². The van der Waals surface area contributed by atoms with E-state index in [1.165, 1.54) is 0 Å². The van der Waals surface area contributed by atoms with E-state index in [1.807, 2.05) is 17.0 Å². The summed E-state index contributed by atoms with van der Waals surface area (Å²) in [6.45, 7) is 0.780. The number of hydrogen-bond donors (Lipinski definition) is 1. The van der Waals surface area contributed by atoms with Gasteiger partial charge in [0.05, 0.1) is 21.6 Å². The van der Waals surface area contributed by atoms with Gasteiger partial charge in [-0.25, -0.2) is 0 Å². The van der Waals surface area contributed by atoms with E-state index in [1.54, 1.807) is 6.07 Å². The fraction of sp³-hybridized carbons (Fsp3) is 0.562. The lowest BCUT2D eigenvalue weighted by molar-refractivity contribution is -0.137. The molecule has 0 aromatic heterocycles. The summed E-state index contributed by atoms with van der Waals surface area (Å²) >= 11 is 12.1. The molecule has 1 aliphatic heterocycles. The van der Waals surface area contributed by atoms with Crippen LogP contribution in [-0.4, -0.2) is 22.9 Å². The van der Waals surface area contributed by atoms with Crippen molar-refractivity contribution in [1.82, 2.24) is 4.90 Å². The van der Waals surface area contributed by atoms with Crippen molar-refractivity contribution in [3.63, 3.8) is 0 Å². The fourth-order valence-corrected chi connectivity index (χ4v) is 3.89. The summed E-state index contributed by atoms with van der Waals surface area (Å²) in [5.41, 5.74) is 6.74. The van der Waals surface area contributed by atoms with Crippen molar-refractivity contribution < 1.29 is 4.79 Å². The summed E-state index contributed by atoms with van der Waals surface area (Å²) in [7, 11) is 0. The first kappa shape index (κ1) is 15.1. The highest BCUT2D eigenvalue weighted by Gasteiger charge is 2.43. The van der Waals surface area contributed by atoms with Crippen LogP contribution in [0.3, 0.4) is 0 Å². The van der Waals surface area contributed by atoms with Gasteiger partial charge in [0, 0.05) is 6.54 Å². The summed E-state index contributed by atoms with van der Waals surface area (Å²) in [4.78, 5) is 14.8. The molecule has 1 aromatic rings. The van der Waals surface area contributed by atoms with Gasteiger partial charge < -0.3 is 10.6 Å². The lowest BCUT2D eigenvalue weighted by atomic mass is 9.95. The van der Waals surface area contributed by atoms with Crippen molar-refractivity contribution in [3.05, 3.63) is 33.8 Å². The summed E-state index contributed by atoms with van der Waals surface area (Å²) in [5.74, 6) is 0.105. The van der Waals surface area contributed by atoms with Crippen LogP contribution in [0.4, 0.5) is 0 Å². The van der Waals surface area contributed by atoms with E-state index in [4.69, 9.17) is 28.9 Å². The minimum absolute atomic E-state index is 0.0771. The van der Waals surface area contributed by atoms with Crippen LogP contribution in [0, 0.1) is 0 Å². The highest BCUT2D eigenvalue weighted by molar-refractivity contribution is 6.42. The van der Waals surface area contributed by atoms with Crippen molar-refractivity contribution >= 4 is 29.1 Å². The van der Waals surface area contributed by atoms with Gasteiger partial charge >= 0.3 is 0 Å². The zero-order valence-corrected chi connectivity index (χ0v) is 13.5. The van der Waals surface area contributed by atoms with E-state index in [2.05, 4.69) is 0 Å². The second kappa shape index (κ2) is 5.79. The van der Waals surface area contributed by atoms with Crippen LogP contribution in [0.5, 0.6) is 0 Å². The Bertz CT molecular complexity index is 555. The zero-order chi connectivity index (χ0) is 15.0. The highest BCUT2D eigenvalue weighted by atomic mass is 35.5. The lowest BCUT2D eigenvalue weighted by Gasteiger charge is -2.33. The molecule has 2 aliphatic rings. The van der Waals surface area contributed by atoms with Gasteiger partial charge in [0.25, 0.3) is 0 Å². The fourth-order valence-electron chi connectivity index (χ4n) is 3.58. The van der Waals surface area contributed by atoms with Gasteiger partial charge in [0.2, 0.25) is 5.91 Å². The minimum atomic E-state index is -0.654. The summed E-state index contributed by atoms with van der Waals surface area (Å²) in [6, 6.07) is 5.71. The van der Waals surface area contributed by atoms with Crippen LogP contribution in [0.15, 0.2) is 18.2 Å². The van der Waals surface area contributed by atoms with Crippen LogP contribution in [0.1, 0.15) is 50.1 Å². The van der Waals surface area contributed by atoms with Crippen molar-refractivity contribution in [2.24, 2.45) is 5.73 Å². The predicted molar refractivity (Wildman–Crippen MR) is 85.5 cm³/mol. The van der Waals surface area contributed by atoms with Crippen LogP contribution < -0.4 is 5.73 Å². The van der Waals surface area contributed by atoms with E-state index in [-0.39, 0.29) is 11.9 Å². The molecule has 0 radical (unpaired) electrons. The molecule has 5 heteroatoms. The predicted octanol–water partition coefficient (Wildman–Crippen LogP) is 3.93. The van der Waals surface area contributed by atoms with Crippen molar-refractivity contribution in [1.29, 1.82) is 0 Å². The van der Waals surface area contributed by atoms with Crippen LogP contribution in [0.2, 0.25) is 10.0 Å². The Labute approximate surface area is 135 Å². The largest absolute Gasteiger partial charge is 0.334 e. The quantitative estimate of drug-likeness (QED) is 0.895. The monoisotopic (exact) mass is 326 g/mol. The van der Waals surface area contributed by atoms with Crippen LogP contribution in [-0.2, 0) is 4.79 Å². The van der Waals surface area contributed by atoms with Crippen molar-refractivity contribution in [2.75, 3.05) is 6.54 Å². The van der Waals surface area contributed by atoms with E-state index in [9.17, 15) is 4.79 Å². The first-order valence-corrected chi connectivity index (χ1v) is 8.32. The maximum absolute atomic E-state index is 12.8. The molecule has 3 nitrogen and oxygen atoms in total. The van der Waals surface area contributed by atoms with Gasteiger partial charge in [-0.3, -0.25) is 4.79 Å². The first-order chi connectivity index (χ1) is 10.0. The topological polar surface area (TPSA) is 46.3 Å². The molecule has 1 saturated heterocycles. The summed E-state index contributed by atoms with van der Waals surface area (Å²) < 4.78 is 0. The molecule has 0 spiro atoms. The lowest BCUT2D eigenvalue weighted by Crippen LogP contribution is -2.53. The Hall–Kier alpha value is -0.770. The Kier molecular flexibility index (Phi) is 4.17. The van der Waals surface area contributed by atoms with Crippen LogP contribution >= 0.6 is 23.2 Å². The van der Waals surface area contributed by atoms with Gasteiger partial charge in [0.15, 0.2) is 0 Å². The van der Waals surface area contributed by atoms with E-state index >= 15 is 0 Å². The van der Waals surface area contributed by atoms with Gasteiger partial charge in [-0.05, 0) is 43.4 Å². The minimum Gasteiger partial charge on any atom is -0.334 e. The standard InChI is InChI=1S/C16H20Cl2N2O/c17-12-6-5-11(10-13(12)18)14-4-3-9-20(14)15(21)16(19)7-1-2-8-16/h5-6,10,14H,1-4,7-9,19H2. The molecule has 1 saturated carbocycles. The molecule has 3 rings (SSSR count). The first-order valence-electron chi connectivity index (χ1n) is 7.56. The molecule has 1 atom stereocenters. The molecule has 114 valence electrons. The molecular formula is C16H20Cl2N2O. The molecule has 2 fully saturated rings. The second-order valence-corrected chi connectivity index (χ2v) is 7.01. The maximum Gasteiger partial charge on any atom is 0.243 e. The molecule has 1 aliphatic carbocycles. The third kappa shape index (κ3) is 2.79. The molecule has 21 heavy (non-hydrogen) atoms. The molecule has 1 aromatic carbocycles. The number of amides is 1. The van der Waals surface area contributed by atoms with Gasteiger partial charge in [-0.2, -0.15) is 0 Å². The van der Waals surface area contributed by atoms with E-state index in [0.29, 0.717) is 10.0 Å². The second-order valence-electron chi connectivity index (χ2n) is 6.19. The van der Waals surface area contributed by atoms with Gasteiger partial charge in [-0.15, -0.1) is 0 Å². The SMILES string of the molecule is NC1(C(=O)N2CCCC2c2ccc(Cl)c(Cl)c2)CCCC1. The normalized spacial score (nSPS) is 24.5. The van der Waals surface area contributed by atoms with E-state index in [0.717, 1.165) is 50.6 Å². The highest BCUT2D eigenvalue weighted by Crippen LogP contribution is 2.38. The molecule has 2 N–H and O–H groups in total. The molecule has 1 amide bonds. The molecule has 1 heterocycles. The number of benzene rings is 1. The smallest absolute Gasteiger partial charge is 0.243 e. The number of hydrogen-bond acceptors (Lipinski definition) is 2. The summed E-state index contributed by atoms with van der Waals surface area (Å²) in [6.07, 6.45) is 5.67. The molecular weight excluding hydrogens is 307 g/mol. The Balaban J connectivity index is 1.85. The number of nitrogens with two attached hydrogens (primary N) is 1. The molecule has 0 bridgehead atoms. The molecule has 1 unspecified atom stereocenters. The number of rotatable bonds is 2. The Morgan fingerprint density at radius 2 is 1.90 bits per heavy atom. The van der Waals surface area contributed by atoms with Crippen molar-refractivity contribution in [2.45, 2.75) is 50.1 Å². The average Bonchev–Trinajstić information content (AvgIpc) is 3.10.